The van der Waals surface area contributed by atoms with Gasteiger partial charge in [0.05, 0.1) is 0 Å². The minimum Gasteiger partial charge on any atom is -0.396 e. The van der Waals surface area contributed by atoms with Crippen LogP contribution in [0.5, 0.6) is 0 Å². The van der Waals surface area contributed by atoms with E-state index in [1.165, 1.54) is 0 Å². The number of nitrogens with zero attached hydrogens (tertiary/aromatic N) is 2. The van der Waals surface area contributed by atoms with Crippen LogP contribution in [0.2, 0.25) is 0 Å². The maximum absolute atomic E-state index is 11.9. The second-order valence-corrected chi connectivity index (χ2v) is 6.16. The van der Waals surface area contributed by atoms with Gasteiger partial charge in [-0.1, -0.05) is 12.1 Å². The van der Waals surface area contributed by atoms with Crippen molar-refractivity contribution in [3.63, 3.8) is 0 Å². The second kappa shape index (κ2) is 5.71. The van der Waals surface area contributed by atoms with Crippen LogP contribution in [0.15, 0.2) is 33.6 Å². The highest BCUT2D eigenvalue weighted by molar-refractivity contribution is 7.90. The molecule has 0 atom stereocenters. The first-order valence-corrected chi connectivity index (χ1v) is 7.76. The first kappa shape index (κ1) is 14.0. The van der Waals surface area contributed by atoms with Crippen molar-refractivity contribution in [3.05, 3.63) is 29.8 Å². The number of hydrogen-bond acceptors (Lipinski definition) is 4. The fourth-order valence-corrected chi connectivity index (χ4v) is 3.36. The molecule has 5 nitrogen and oxygen atoms in total. The summed E-state index contributed by atoms with van der Waals surface area (Å²) in [7, 11) is -1.69. The van der Waals surface area contributed by atoms with Crippen LogP contribution in [0.1, 0.15) is 24.8 Å². The Morgan fingerprint density at radius 1 is 1.21 bits per heavy atom. The number of rotatable bonds is 5. The van der Waals surface area contributed by atoms with Gasteiger partial charge in [0.15, 0.2) is 0 Å². The van der Waals surface area contributed by atoms with Gasteiger partial charge < -0.3 is 10.0 Å². The van der Waals surface area contributed by atoms with Gasteiger partial charge in [-0.25, -0.2) is 0 Å². The summed E-state index contributed by atoms with van der Waals surface area (Å²) in [6.07, 6.45) is 2.59. The third-order valence-corrected chi connectivity index (χ3v) is 4.45. The van der Waals surface area contributed by atoms with Crippen LogP contribution in [0, 0.1) is 0 Å². The molecule has 0 saturated carbocycles. The number of unbranched alkanes of at least 4 members (excludes halogenated alkanes) is 2. The zero-order chi connectivity index (χ0) is 13.9. The van der Waals surface area contributed by atoms with Crippen molar-refractivity contribution < 1.29 is 13.5 Å². The lowest BCUT2D eigenvalue weighted by molar-refractivity contribution is 0.281. The second-order valence-electron chi connectivity index (χ2n) is 4.59. The molecule has 0 fully saturated rings. The fourth-order valence-electron chi connectivity index (χ4n) is 2.11. The lowest BCUT2D eigenvalue weighted by Gasteiger charge is -2.18. The van der Waals surface area contributed by atoms with Crippen molar-refractivity contribution >= 4 is 15.9 Å². The van der Waals surface area contributed by atoms with Crippen molar-refractivity contribution in [2.75, 3.05) is 20.2 Å². The van der Waals surface area contributed by atoms with Gasteiger partial charge in [-0.05, 0) is 31.4 Å². The Kier molecular flexibility index (Phi) is 4.21. The number of amidine groups is 1. The van der Waals surface area contributed by atoms with Crippen molar-refractivity contribution in [3.8, 4) is 0 Å². The molecule has 1 aromatic carbocycles. The van der Waals surface area contributed by atoms with E-state index >= 15 is 0 Å². The summed E-state index contributed by atoms with van der Waals surface area (Å²) in [6.45, 7) is 0.921. The third kappa shape index (κ3) is 2.96. The fraction of sp³-hybridized carbons (Fsp3) is 0.462. The molecule has 1 aliphatic rings. The van der Waals surface area contributed by atoms with Crippen LogP contribution < -0.4 is 0 Å². The van der Waals surface area contributed by atoms with E-state index in [0.29, 0.717) is 11.4 Å². The van der Waals surface area contributed by atoms with Crippen LogP contribution in [-0.2, 0) is 10.0 Å². The Labute approximate surface area is 113 Å². The molecule has 1 heterocycles. The molecule has 0 saturated heterocycles. The summed E-state index contributed by atoms with van der Waals surface area (Å²) in [5.41, 5.74) is 0.673. The average molecular weight is 282 g/mol. The van der Waals surface area contributed by atoms with Gasteiger partial charge in [-0.3, -0.25) is 0 Å². The predicted molar refractivity (Wildman–Crippen MR) is 73.7 cm³/mol. The Bertz CT molecular complexity index is 581. The number of hydrogen-bond donors (Lipinski definition) is 1. The van der Waals surface area contributed by atoms with Crippen LogP contribution in [-0.4, -0.2) is 44.5 Å². The summed E-state index contributed by atoms with van der Waals surface area (Å²) in [4.78, 5) is 2.15. The minimum absolute atomic E-state index is 0.196. The maximum Gasteiger partial charge on any atom is 0.285 e. The molecule has 0 unspecified atom stereocenters. The Balaban J connectivity index is 2.13. The SMILES string of the molecule is CN(CCCCCO)C1=NS(=O)(=O)c2ccccc21. The molecule has 0 spiro atoms. The maximum atomic E-state index is 11.9. The number of aliphatic hydroxyl groups excluding tert-OH is 1. The average Bonchev–Trinajstić information content (AvgIpc) is 2.67. The number of sulfonamides is 1. The van der Waals surface area contributed by atoms with Gasteiger partial charge in [0.25, 0.3) is 10.0 Å². The molecule has 0 bridgehead atoms. The molecule has 104 valence electrons. The molecule has 19 heavy (non-hydrogen) atoms. The largest absolute Gasteiger partial charge is 0.396 e. The highest BCUT2D eigenvalue weighted by atomic mass is 32.2. The monoisotopic (exact) mass is 282 g/mol. The van der Waals surface area contributed by atoms with E-state index in [9.17, 15) is 8.42 Å². The molecule has 1 aliphatic heterocycles. The Hall–Kier alpha value is -1.40. The van der Waals surface area contributed by atoms with E-state index in [-0.39, 0.29) is 11.5 Å². The predicted octanol–water partition coefficient (Wildman–Crippen LogP) is 1.23. The van der Waals surface area contributed by atoms with Gasteiger partial charge in [0.2, 0.25) is 0 Å². The molecule has 1 N–H and O–H groups in total. The van der Waals surface area contributed by atoms with E-state index in [4.69, 9.17) is 5.11 Å². The van der Waals surface area contributed by atoms with E-state index < -0.39 is 10.0 Å². The Morgan fingerprint density at radius 3 is 2.68 bits per heavy atom. The van der Waals surface area contributed by atoms with Gasteiger partial charge in [0, 0.05) is 25.8 Å². The standard InChI is InChI=1S/C13H18N2O3S/c1-15(9-5-2-6-10-16)13-11-7-3-4-8-12(11)19(17,18)14-13/h3-4,7-8,16H,2,5-6,9-10H2,1H3. The number of fused-ring (bicyclic) bond motifs is 1. The smallest absolute Gasteiger partial charge is 0.285 e. The first-order valence-electron chi connectivity index (χ1n) is 6.32. The topological polar surface area (TPSA) is 70.0 Å². The summed E-state index contributed by atoms with van der Waals surface area (Å²) in [6, 6.07) is 6.88. The Morgan fingerprint density at radius 2 is 1.95 bits per heavy atom. The molecule has 0 radical (unpaired) electrons. The van der Waals surface area contributed by atoms with E-state index in [0.717, 1.165) is 25.8 Å². The zero-order valence-corrected chi connectivity index (χ0v) is 11.7. The highest BCUT2D eigenvalue weighted by Gasteiger charge is 2.29. The number of benzene rings is 1. The summed E-state index contributed by atoms with van der Waals surface area (Å²) < 4.78 is 27.6. The molecule has 0 aliphatic carbocycles. The zero-order valence-electron chi connectivity index (χ0n) is 10.9. The van der Waals surface area contributed by atoms with Gasteiger partial charge in [-0.15, -0.1) is 4.40 Å². The molecule has 1 aromatic rings. The van der Waals surface area contributed by atoms with Crippen molar-refractivity contribution in [1.82, 2.24) is 4.90 Å². The lowest BCUT2D eigenvalue weighted by atomic mass is 10.2. The molecule has 0 aromatic heterocycles. The van der Waals surface area contributed by atoms with Crippen molar-refractivity contribution in [2.45, 2.75) is 24.2 Å². The highest BCUT2D eigenvalue weighted by Crippen LogP contribution is 2.26. The third-order valence-electron chi connectivity index (χ3n) is 3.13. The molecule has 0 amide bonds. The van der Waals surface area contributed by atoms with Crippen LogP contribution in [0.25, 0.3) is 0 Å². The normalized spacial score (nSPS) is 16.0. The molecular formula is C13H18N2O3S. The van der Waals surface area contributed by atoms with Crippen molar-refractivity contribution in [1.29, 1.82) is 0 Å². The van der Waals surface area contributed by atoms with Gasteiger partial charge in [-0.2, -0.15) is 8.42 Å². The number of aliphatic hydroxyl groups is 1. The van der Waals surface area contributed by atoms with E-state index in [1.54, 1.807) is 18.2 Å². The minimum atomic E-state index is -3.53. The molecular weight excluding hydrogens is 264 g/mol. The van der Waals surface area contributed by atoms with Crippen LogP contribution >= 0.6 is 0 Å². The quantitative estimate of drug-likeness (QED) is 0.825. The van der Waals surface area contributed by atoms with E-state index in [2.05, 4.69) is 4.40 Å². The van der Waals surface area contributed by atoms with Crippen molar-refractivity contribution in [2.24, 2.45) is 4.40 Å². The first-order chi connectivity index (χ1) is 9.06. The molecule has 6 heteroatoms. The summed E-state index contributed by atoms with van der Waals surface area (Å²) in [5.74, 6) is 0.514. The van der Waals surface area contributed by atoms with Gasteiger partial charge >= 0.3 is 0 Å². The van der Waals surface area contributed by atoms with E-state index in [1.807, 2.05) is 18.0 Å². The summed E-state index contributed by atoms with van der Waals surface area (Å²) >= 11 is 0. The van der Waals surface area contributed by atoms with Crippen LogP contribution in [0.4, 0.5) is 0 Å². The van der Waals surface area contributed by atoms with Crippen LogP contribution in [0.3, 0.4) is 0 Å². The lowest BCUT2D eigenvalue weighted by Crippen LogP contribution is -2.27. The summed E-state index contributed by atoms with van der Waals surface area (Å²) in [5, 5.41) is 8.73. The van der Waals surface area contributed by atoms with Gasteiger partial charge in [0.1, 0.15) is 10.7 Å². The molecule has 2 rings (SSSR count).